The zero-order valence-electron chi connectivity index (χ0n) is 20.0. The molecule has 0 N–H and O–H groups in total. The van der Waals surface area contributed by atoms with E-state index in [0.717, 1.165) is 31.5 Å². The van der Waals surface area contributed by atoms with Gasteiger partial charge in [-0.15, -0.1) is 0 Å². The highest BCUT2D eigenvalue weighted by atomic mass is 16.2. The molecule has 0 aliphatic heterocycles. The van der Waals surface area contributed by atoms with Crippen molar-refractivity contribution in [2.24, 2.45) is 0 Å². The highest BCUT2D eigenvalue weighted by Crippen LogP contribution is 2.25. The summed E-state index contributed by atoms with van der Waals surface area (Å²) in [5.41, 5.74) is 2.39. The molecule has 0 atom stereocenters. The zero-order chi connectivity index (χ0) is 22.9. The fraction of sp³-hybridized carbons (Fsp3) is 0.556. The van der Waals surface area contributed by atoms with Crippen LogP contribution in [0.25, 0.3) is 0 Å². The van der Waals surface area contributed by atoms with Crippen LogP contribution in [0.1, 0.15) is 77.0 Å². The van der Waals surface area contributed by atoms with Crippen molar-refractivity contribution in [2.75, 3.05) is 6.54 Å². The molecular formula is C27H39N3O2. The Bertz CT molecular complexity index is 853. The summed E-state index contributed by atoms with van der Waals surface area (Å²) in [4.78, 5) is 30.0. The topological polar surface area (TPSA) is 45.6 Å². The van der Waals surface area contributed by atoms with Gasteiger partial charge in [-0.3, -0.25) is 9.59 Å². The summed E-state index contributed by atoms with van der Waals surface area (Å²) in [5, 5.41) is 0. The van der Waals surface area contributed by atoms with Gasteiger partial charge in [0.05, 0.1) is 13.1 Å². The van der Waals surface area contributed by atoms with E-state index in [1.807, 2.05) is 26.8 Å². The maximum Gasteiger partial charge on any atom is 0.242 e. The minimum atomic E-state index is 0.0214. The van der Waals surface area contributed by atoms with Gasteiger partial charge in [0.15, 0.2) is 0 Å². The number of rotatable bonds is 10. The fourth-order valence-corrected chi connectivity index (χ4v) is 4.67. The average Bonchev–Trinajstić information content (AvgIpc) is 3.23. The van der Waals surface area contributed by atoms with E-state index in [-0.39, 0.29) is 30.4 Å². The Morgan fingerprint density at radius 1 is 1.00 bits per heavy atom. The Morgan fingerprint density at radius 2 is 1.72 bits per heavy atom. The first-order chi connectivity index (χ1) is 15.5. The van der Waals surface area contributed by atoms with Crippen LogP contribution in [0.3, 0.4) is 0 Å². The number of nitrogens with zero attached hydrogens (tertiary/aromatic N) is 3. The number of hydrogen-bond donors (Lipinski definition) is 0. The van der Waals surface area contributed by atoms with Crippen molar-refractivity contribution in [2.45, 2.75) is 90.9 Å². The Kier molecular flexibility index (Phi) is 8.95. The van der Waals surface area contributed by atoms with Crippen LogP contribution < -0.4 is 0 Å². The molecule has 1 aromatic heterocycles. The molecule has 1 heterocycles. The van der Waals surface area contributed by atoms with Gasteiger partial charge in [-0.25, -0.2) is 0 Å². The van der Waals surface area contributed by atoms with Crippen LogP contribution in [0.4, 0.5) is 0 Å². The Hall–Kier alpha value is -2.56. The van der Waals surface area contributed by atoms with Crippen LogP contribution in [0.2, 0.25) is 0 Å². The third kappa shape index (κ3) is 6.47. The lowest BCUT2D eigenvalue weighted by Crippen LogP contribution is -2.49. The summed E-state index contributed by atoms with van der Waals surface area (Å²) in [5.74, 6) is 0.148. The molecule has 2 aromatic rings. The number of hydrogen-bond acceptors (Lipinski definition) is 2. The molecule has 1 aliphatic carbocycles. The van der Waals surface area contributed by atoms with Crippen molar-refractivity contribution >= 4 is 11.8 Å². The molecule has 0 bridgehead atoms. The molecule has 32 heavy (non-hydrogen) atoms. The lowest BCUT2D eigenvalue weighted by molar-refractivity contribution is -0.144. The summed E-state index contributed by atoms with van der Waals surface area (Å²) in [6, 6.07) is 14.9. The normalized spacial score (nSPS) is 14.5. The Balaban J connectivity index is 1.78. The molecule has 0 radical (unpaired) electrons. The van der Waals surface area contributed by atoms with Gasteiger partial charge in [-0.05, 0) is 50.8 Å². The SMILES string of the molecule is CCCC(=O)N(CC(=O)N(Cc1cccn1Cc1ccccc1)C1CCCCC1)C(C)C. The van der Waals surface area contributed by atoms with Crippen LogP contribution in [0, 0.1) is 0 Å². The van der Waals surface area contributed by atoms with E-state index >= 15 is 0 Å². The van der Waals surface area contributed by atoms with Crippen molar-refractivity contribution in [1.29, 1.82) is 0 Å². The van der Waals surface area contributed by atoms with Crippen LogP contribution in [-0.4, -0.2) is 44.8 Å². The predicted molar refractivity (Wildman–Crippen MR) is 129 cm³/mol. The number of amides is 2. The van der Waals surface area contributed by atoms with E-state index in [2.05, 4.69) is 52.1 Å². The molecule has 1 aromatic carbocycles. The lowest BCUT2D eigenvalue weighted by atomic mass is 9.94. The molecule has 2 amide bonds. The van der Waals surface area contributed by atoms with Gasteiger partial charge in [-0.1, -0.05) is 56.5 Å². The van der Waals surface area contributed by atoms with Crippen molar-refractivity contribution in [1.82, 2.24) is 14.4 Å². The monoisotopic (exact) mass is 437 g/mol. The first-order valence-electron chi connectivity index (χ1n) is 12.3. The molecule has 5 heteroatoms. The quantitative estimate of drug-likeness (QED) is 0.511. The molecule has 1 fully saturated rings. The number of aromatic nitrogens is 1. The highest BCUT2D eigenvalue weighted by molar-refractivity contribution is 5.85. The van der Waals surface area contributed by atoms with E-state index in [0.29, 0.717) is 13.0 Å². The molecule has 5 nitrogen and oxygen atoms in total. The minimum Gasteiger partial charge on any atom is -0.345 e. The summed E-state index contributed by atoms with van der Waals surface area (Å²) in [6.07, 6.45) is 9.08. The van der Waals surface area contributed by atoms with Crippen LogP contribution in [0.15, 0.2) is 48.7 Å². The molecule has 0 saturated heterocycles. The van der Waals surface area contributed by atoms with Crippen LogP contribution in [0.5, 0.6) is 0 Å². The van der Waals surface area contributed by atoms with Crippen molar-refractivity contribution in [3.8, 4) is 0 Å². The molecule has 1 aliphatic rings. The molecule has 1 saturated carbocycles. The first-order valence-corrected chi connectivity index (χ1v) is 12.3. The molecule has 0 unspecified atom stereocenters. The van der Waals surface area contributed by atoms with E-state index in [1.54, 1.807) is 4.90 Å². The third-order valence-electron chi connectivity index (χ3n) is 6.50. The largest absolute Gasteiger partial charge is 0.345 e. The van der Waals surface area contributed by atoms with Gasteiger partial charge in [0.2, 0.25) is 11.8 Å². The molecular weight excluding hydrogens is 398 g/mol. The lowest BCUT2D eigenvalue weighted by Gasteiger charge is -2.37. The first kappa shape index (κ1) is 24.1. The number of carbonyl (C=O) groups excluding carboxylic acids is 2. The summed E-state index contributed by atoms with van der Waals surface area (Å²) < 4.78 is 2.24. The van der Waals surface area contributed by atoms with Crippen molar-refractivity contribution in [3.05, 3.63) is 59.9 Å². The van der Waals surface area contributed by atoms with Crippen LogP contribution >= 0.6 is 0 Å². The highest BCUT2D eigenvalue weighted by Gasteiger charge is 2.29. The number of benzene rings is 1. The fourth-order valence-electron chi connectivity index (χ4n) is 4.67. The molecule has 0 spiro atoms. The van der Waals surface area contributed by atoms with E-state index < -0.39 is 0 Å². The second kappa shape index (κ2) is 11.9. The van der Waals surface area contributed by atoms with Gasteiger partial charge in [0, 0.05) is 36.9 Å². The predicted octanol–water partition coefficient (Wildman–Crippen LogP) is 5.23. The van der Waals surface area contributed by atoms with Crippen molar-refractivity contribution in [3.63, 3.8) is 0 Å². The Morgan fingerprint density at radius 3 is 2.38 bits per heavy atom. The standard InChI is InChI=1S/C27H39N3O2/c1-4-12-26(31)29(22(2)3)21-27(32)30(24-15-9-6-10-16-24)20-25-17-11-18-28(25)19-23-13-7-5-8-14-23/h5,7-8,11,13-14,17-18,22,24H,4,6,9-10,12,15-16,19-21H2,1-3H3. The van der Waals surface area contributed by atoms with Gasteiger partial charge in [-0.2, -0.15) is 0 Å². The van der Waals surface area contributed by atoms with Gasteiger partial charge in [0.1, 0.15) is 0 Å². The summed E-state index contributed by atoms with van der Waals surface area (Å²) in [6.45, 7) is 7.56. The average molecular weight is 438 g/mol. The zero-order valence-corrected chi connectivity index (χ0v) is 20.0. The second-order valence-corrected chi connectivity index (χ2v) is 9.29. The Labute approximate surface area is 193 Å². The van der Waals surface area contributed by atoms with Crippen LogP contribution in [-0.2, 0) is 22.7 Å². The smallest absolute Gasteiger partial charge is 0.242 e. The molecule has 3 rings (SSSR count). The van der Waals surface area contributed by atoms with Gasteiger partial charge >= 0.3 is 0 Å². The number of carbonyl (C=O) groups is 2. The minimum absolute atomic E-state index is 0.0214. The van der Waals surface area contributed by atoms with E-state index in [9.17, 15) is 9.59 Å². The van der Waals surface area contributed by atoms with Gasteiger partial charge < -0.3 is 14.4 Å². The summed E-state index contributed by atoms with van der Waals surface area (Å²) >= 11 is 0. The maximum absolute atomic E-state index is 13.6. The van der Waals surface area contributed by atoms with Gasteiger partial charge in [0.25, 0.3) is 0 Å². The maximum atomic E-state index is 13.6. The third-order valence-corrected chi connectivity index (χ3v) is 6.50. The van der Waals surface area contributed by atoms with E-state index in [1.165, 1.54) is 24.8 Å². The molecule has 174 valence electrons. The summed E-state index contributed by atoms with van der Waals surface area (Å²) in [7, 11) is 0. The second-order valence-electron chi connectivity index (χ2n) is 9.29. The van der Waals surface area contributed by atoms with E-state index in [4.69, 9.17) is 0 Å². The van der Waals surface area contributed by atoms with Crippen molar-refractivity contribution < 1.29 is 9.59 Å².